The average Bonchev–Trinajstić information content (AvgIpc) is 3.31. The van der Waals surface area contributed by atoms with E-state index in [4.69, 9.17) is 4.74 Å². The number of amides is 3. The molecule has 6 heteroatoms. The maximum atomic E-state index is 12.8. The molecule has 2 heterocycles. The van der Waals surface area contributed by atoms with E-state index >= 15 is 0 Å². The van der Waals surface area contributed by atoms with Crippen LogP contribution in [0.5, 0.6) is 0 Å². The molecule has 3 aliphatic rings. The first-order valence-corrected chi connectivity index (χ1v) is 8.71. The van der Waals surface area contributed by atoms with Crippen molar-refractivity contribution >= 4 is 11.9 Å². The van der Waals surface area contributed by atoms with Crippen LogP contribution < -0.4 is 0 Å². The van der Waals surface area contributed by atoms with E-state index < -0.39 is 0 Å². The molecule has 1 spiro atoms. The van der Waals surface area contributed by atoms with Crippen LogP contribution in [0.25, 0.3) is 0 Å². The number of hydrogen-bond acceptors (Lipinski definition) is 3. The molecule has 0 N–H and O–H groups in total. The summed E-state index contributed by atoms with van der Waals surface area (Å²) < 4.78 is 5.37. The predicted molar refractivity (Wildman–Crippen MR) is 87.0 cm³/mol. The van der Waals surface area contributed by atoms with Gasteiger partial charge in [-0.3, -0.25) is 4.79 Å². The first-order chi connectivity index (χ1) is 11.0. The molecule has 6 nitrogen and oxygen atoms in total. The summed E-state index contributed by atoms with van der Waals surface area (Å²) in [5, 5.41) is 0. The number of likely N-dealkylation sites (tertiary alicyclic amines) is 2. The zero-order chi connectivity index (χ0) is 16.6. The molecule has 23 heavy (non-hydrogen) atoms. The molecule has 0 bridgehead atoms. The minimum atomic E-state index is -0.0390. The Morgan fingerprint density at radius 2 is 1.96 bits per heavy atom. The van der Waals surface area contributed by atoms with Gasteiger partial charge in [0.05, 0.1) is 12.5 Å². The van der Waals surface area contributed by atoms with Gasteiger partial charge in [-0.25, -0.2) is 4.79 Å². The Kier molecular flexibility index (Phi) is 4.54. The Bertz CT molecular complexity index is 468. The first-order valence-electron chi connectivity index (χ1n) is 8.71. The van der Waals surface area contributed by atoms with E-state index in [0.29, 0.717) is 12.5 Å². The Morgan fingerprint density at radius 1 is 1.30 bits per heavy atom. The maximum absolute atomic E-state index is 12.8. The first kappa shape index (κ1) is 16.6. The summed E-state index contributed by atoms with van der Waals surface area (Å²) in [4.78, 5) is 30.6. The Hall–Kier alpha value is -1.30. The average molecular weight is 323 g/mol. The summed E-state index contributed by atoms with van der Waals surface area (Å²) in [7, 11) is 5.25. The van der Waals surface area contributed by atoms with Gasteiger partial charge in [0, 0.05) is 52.8 Å². The van der Waals surface area contributed by atoms with Crippen LogP contribution in [0.3, 0.4) is 0 Å². The topological polar surface area (TPSA) is 53.1 Å². The highest BCUT2D eigenvalue weighted by Crippen LogP contribution is 2.46. The number of methoxy groups -OCH3 is 1. The molecule has 0 radical (unpaired) electrons. The van der Waals surface area contributed by atoms with Gasteiger partial charge in [-0.05, 0) is 31.6 Å². The third kappa shape index (κ3) is 3.18. The van der Waals surface area contributed by atoms with Gasteiger partial charge in [-0.1, -0.05) is 0 Å². The van der Waals surface area contributed by atoms with Crippen molar-refractivity contribution in [2.75, 3.05) is 54.0 Å². The summed E-state index contributed by atoms with van der Waals surface area (Å²) in [5.41, 5.74) is -0.00885. The minimum absolute atomic E-state index is 0.00885. The van der Waals surface area contributed by atoms with Crippen LogP contribution in [0.4, 0.5) is 4.79 Å². The fraction of sp³-hybridized carbons (Fsp3) is 0.882. The second-order valence-electron chi connectivity index (χ2n) is 7.70. The second-order valence-corrected chi connectivity index (χ2v) is 7.70. The number of carbonyl (C=O) groups is 2. The third-order valence-corrected chi connectivity index (χ3v) is 5.78. The van der Waals surface area contributed by atoms with Crippen LogP contribution in [-0.2, 0) is 9.53 Å². The van der Waals surface area contributed by atoms with Crippen molar-refractivity contribution in [1.82, 2.24) is 14.7 Å². The normalized spacial score (nSPS) is 26.9. The number of rotatable bonds is 4. The molecule has 1 saturated carbocycles. The van der Waals surface area contributed by atoms with E-state index in [9.17, 15) is 9.59 Å². The number of piperidine rings is 1. The van der Waals surface area contributed by atoms with Crippen LogP contribution in [0.2, 0.25) is 0 Å². The monoisotopic (exact) mass is 323 g/mol. The number of carbonyl (C=O) groups excluding carboxylic acids is 2. The third-order valence-electron chi connectivity index (χ3n) is 5.78. The molecule has 3 amide bonds. The summed E-state index contributed by atoms with van der Waals surface area (Å²) >= 11 is 0. The van der Waals surface area contributed by atoms with Crippen LogP contribution >= 0.6 is 0 Å². The second kappa shape index (κ2) is 6.30. The molecule has 2 saturated heterocycles. The van der Waals surface area contributed by atoms with Crippen LogP contribution in [-0.4, -0.2) is 80.6 Å². The van der Waals surface area contributed by atoms with Crippen LogP contribution in [0.1, 0.15) is 25.7 Å². The van der Waals surface area contributed by atoms with E-state index in [-0.39, 0.29) is 23.3 Å². The molecule has 1 aliphatic carbocycles. The van der Waals surface area contributed by atoms with Crippen molar-refractivity contribution in [2.24, 2.45) is 17.3 Å². The maximum Gasteiger partial charge on any atom is 0.319 e. The van der Waals surface area contributed by atoms with Crippen LogP contribution in [0.15, 0.2) is 0 Å². The molecular weight excluding hydrogens is 294 g/mol. The summed E-state index contributed by atoms with van der Waals surface area (Å²) in [6, 6.07) is 0.0716. The summed E-state index contributed by atoms with van der Waals surface area (Å²) in [6.45, 7) is 3.74. The van der Waals surface area contributed by atoms with Gasteiger partial charge in [0.15, 0.2) is 0 Å². The molecule has 130 valence electrons. The summed E-state index contributed by atoms with van der Waals surface area (Å²) in [6.07, 6.45) is 4.31. The molecule has 0 aromatic carbocycles. The molecule has 0 aromatic rings. The SMILES string of the molecule is COC[C@@H]1C(=O)N(CC2CC2)CC12CCN(C(=O)N(C)C)CC2. The van der Waals surface area contributed by atoms with Gasteiger partial charge in [-0.15, -0.1) is 0 Å². The molecule has 3 rings (SSSR count). The minimum Gasteiger partial charge on any atom is -0.384 e. The zero-order valence-corrected chi connectivity index (χ0v) is 14.6. The number of ether oxygens (including phenoxy) is 1. The lowest BCUT2D eigenvalue weighted by molar-refractivity contribution is -0.133. The van der Waals surface area contributed by atoms with Gasteiger partial charge in [0.1, 0.15) is 0 Å². The van der Waals surface area contributed by atoms with Crippen molar-refractivity contribution in [3.63, 3.8) is 0 Å². The van der Waals surface area contributed by atoms with Crippen molar-refractivity contribution < 1.29 is 14.3 Å². The Balaban J connectivity index is 1.69. The van der Waals surface area contributed by atoms with Crippen molar-refractivity contribution in [3.8, 4) is 0 Å². The molecule has 0 aromatic heterocycles. The highest BCUT2D eigenvalue weighted by atomic mass is 16.5. The van der Waals surface area contributed by atoms with Gasteiger partial charge in [0.25, 0.3) is 0 Å². The van der Waals surface area contributed by atoms with Gasteiger partial charge in [-0.2, -0.15) is 0 Å². The lowest BCUT2D eigenvalue weighted by Gasteiger charge is -2.42. The highest BCUT2D eigenvalue weighted by Gasteiger charge is 2.53. The number of hydrogen-bond donors (Lipinski definition) is 0. The van der Waals surface area contributed by atoms with E-state index in [1.807, 2.05) is 4.90 Å². The Morgan fingerprint density at radius 3 is 2.48 bits per heavy atom. The molecule has 0 unspecified atom stereocenters. The quantitative estimate of drug-likeness (QED) is 0.783. The largest absolute Gasteiger partial charge is 0.384 e. The Labute approximate surface area is 138 Å². The lowest BCUT2D eigenvalue weighted by Crippen LogP contribution is -2.49. The smallest absolute Gasteiger partial charge is 0.319 e. The lowest BCUT2D eigenvalue weighted by atomic mass is 9.71. The highest BCUT2D eigenvalue weighted by molar-refractivity contribution is 5.82. The van der Waals surface area contributed by atoms with E-state index in [1.54, 1.807) is 26.1 Å². The van der Waals surface area contributed by atoms with Gasteiger partial charge in [0.2, 0.25) is 5.91 Å². The molecule has 2 aliphatic heterocycles. The number of urea groups is 1. The zero-order valence-electron chi connectivity index (χ0n) is 14.6. The molecule has 1 atom stereocenters. The van der Waals surface area contributed by atoms with Crippen LogP contribution in [0, 0.1) is 17.3 Å². The van der Waals surface area contributed by atoms with Crippen molar-refractivity contribution in [3.05, 3.63) is 0 Å². The van der Waals surface area contributed by atoms with Crippen molar-refractivity contribution in [1.29, 1.82) is 0 Å². The van der Waals surface area contributed by atoms with E-state index in [2.05, 4.69) is 4.90 Å². The summed E-state index contributed by atoms with van der Waals surface area (Å²) in [5.74, 6) is 0.946. The molecule has 3 fully saturated rings. The standard InChI is InChI=1S/C17H29N3O3/c1-18(2)16(22)19-8-6-17(7-9-19)12-20(10-13-4-5-13)15(21)14(17)11-23-3/h13-14H,4-12H2,1-3H3/t14-/m1/s1. The predicted octanol–water partition coefficient (Wildman–Crippen LogP) is 1.26. The number of nitrogens with zero attached hydrogens (tertiary/aromatic N) is 3. The van der Waals surface area contributed by atoms with Crippen molar-refractivity contribution in [2.45, 2.75) is 25.7 Å². The van der Waals surface area contributed by atoms with E-state index in [0.717, 1.165) is 39.0 Å². The van der Waals surface area contributed by atoms with Gasteiger partial charge >= 0.3 is 6.03 Å². The molecular formula is C17H29N3O3. The van der Waals surface area contributed by atoms with E-state index in [1.165, 1.54) is 12.8 Å². The fourth-order valence-electron chi connectivity index (χ4n) is 4.16. The fourth-order valence-corrected chi connectivity index (χ4v) is 4.16. The van der Waals surface area contributed by atoms with Gasteiger partial charge < -0.3 is 19.4 Å².